The van der Waals surface area contributed by atoms with Gasteiger partial charge in [-0.15, -0.1) is 0 Å². The molecule has 0 bridgehead atoms. The van der Waals surface area contributed by atoms with Crippen LogP contribution in [0.5, 0.6) is 0 Å². The van der Waals surface area contributed by atoms with Crippen LogP contribution < -0.4 is 16.0 Å². The molecule has 34 heavy (non-hydrogen) atoms. The maximum Gasteiger partial charge on any atom is 0.229 e. The first-order valence-electron chi connectivity index (χ1n) is 11.3. The predicted molar refractivity (Wildman–Crippen MR) is 138 cm³/mol. The van der Waals surface area contributed by atoms with Crippen molar-refractivity contribution in [3.05, 3.63) is 77.7 Å². The molecule has 4 aromatic rings. The first-order chi connectivity index (χ1) is 16.5. The van der Waals surface area contributed by atoms with Gasteiger partial charge in [0.2, 0.25) is 5.95 Å². The average Bonchev–Trinajstić information content (AvgIpc) is 3.00. The Morgan fingerprint density at radius 3 is 2.65 bits per heavy atom. The summed E-state index contributed by atoms with van der Waals surface area (Å²) in [6.07, 6.45) is 7.31. The molecule has 8 heteroatoms. The Morgan fingerprint density at radius 1 is 0.971 bits per heavy atom. The van der Waals surface area contributed by atoms with E-state index >= 15 is 0 Å². The van der Waals surface area contributed by atoms with Gasteiger partial charge in [-0.25, -0.2) is 15.0 Å². The van der Waals surface area contributed by atoms with E-state index < -0.39 is 0 Å². The molecule has 5 rings (SSSR count). The molecule has 1 aliphatic heterocycles. The Labute approximate surface area is 204 Å². The zero-order valence-electron chi connectivity index (χ0n) is 19.1. The number of hydrogen-bond donors (Lipinski definition) is 3. The molecule has 7 nitrogen and oxygen atoms in total. The number of nitrogens with one attached hydrogen (secondary N) is 3. The monoisotopic (exact) mass is 471 g/mol. The highest BCUT2D eigenvalue weighted by molar-refractivity contribution is 6.33. The zero-order chi connectivity index (χ0) is 23.5. The van der Waals surface area contributed by atoms with Crippen LogP contribution in [0.1, 0.15) is 32.3 Å². The molecule has 0 radical (unpaired) electrons. The van der Waals surface area contributed by atoms with Crippen LogP contribution in [-0.4, -0.2) is 26.5 Å². The van der Waals surface area contributed by atoms with Crippen molar-refractivity contribution in [1.82, 2.24) is 19.9 Å². The van der Waals surface area contributed by atoms with Crippen molar-refractivity contribution >= 4 is 40.4 Å². The maximum absolute atomic E-state index is 6.44. The van der Waals surface area contributed by atoms with Gasteiger partial charge in [0, 0.05) is 35.9 Å². The predicted octanol–water partition coefficient (Wildman–Crippen LogP) is 6.56. The Hall–Kier alpha value is -3.71. The Balaban J connectivity index is 1.43. The first-order valence-corrected chi connectivity index (χ1v) is 11.7. The van der Waals surface area contributed by atoms with E-state index in [1.165, 1.54) is 11.3 Å². The lowest BCUT2D eigenvalue weighted by Crippen LogP contribution is -2.16. The molecule has 0 spiro atoms. The number of para-hydroxylation sites is 1. The fourth-order valence-corrected chi connectivity index (χ4v) is 4.36. The summed E-state index contributed by atoms with van der Waals surface area (Å²) in [6.45, 7) is 5.57. The lowest BCUT2D eigenvalue weighted by molar-refractivity contribution is 0.479. The third kappa shape index (κ3) is 4.65. The van der Waals surface area contributed by atoms with Crippen molar-refractivity contribution in [1.29, 1.82) is 0 Å². The summed E-state index contributed by atoms with van der Waals surface area (Å²) in [6, 6.07) is 15.9. The lowest BCUT2D eigenvalue weighted by Gasteiger charge is -2.25. The third-order valence-corrected chi connectivity index (χ3v) is 6.31. The van der Waals surface area contributed by atoms with Crippen LogP contribution in [0.25, 0.3) is 11.4 Å². The molecule has 2 aromatic carbocycles. The highest BCUT2D eigenvalue weighted by Crippen LogP contribution is 2.38. The Morgan fingerprint density at radius 2 is 1.79 bits per heavy atom. The summed E-state index contributed by atoms with van der Waals surface area (Å²) >= 11 is 6.44. The van der Waals surface area contributed by atoms with Gasteiger partial charge in [0.25, 0.3) is 0 Å². The Bertz CT molecular complexity index is 1310. The van der Waals surface area contributed by atoms with Crippen LogP contribution in [0, 0.1) is 0 Å². The summed E-state index contributed by atoms with van der Waals surface area (Å²) in [5.41, 5.74) is 5.16. The van der Waals surface area contributed by atoms with Gasteiger partial charge >= 0.3 is 0 Å². The van der Waals surface area contributed by atoms with Crippen LogP contribution in [0.3, 0.4) is 0 Å². The fourth-order valence-electron chi connectivity index (χ4n) is 4.22. The molecular formula is C26H26ClN7. The van der Waals surface area contributed by atoms with Crippen molar-refractivity contribution in [3.63, 3.8) is 0 Å². The second-order valence-corrected chi connectivity index (χ2v) is 9.34. The van der Waals surface area contributed by atoms with Gasteiger partial charge < -0.3 is 16.0 Å². The number of fused-ring (bicyclic) bond motifs is 1. The van der Waals surface area contributed by atoms with E-state index in [0.717, 1.165) is 36.3 Å². The molecule has 3 heterocycles. The summed E-state index contributed by atoms with van der Waals surface area (Å²) in [5, 5.41) is 10.6. The molecule has 0 amide bonds. The first kappa shape index (κ1) is 22.1. The van der Waals surface area contributed by atoms with Crippen molar-refractivity contribution in [2.75, 3.05) is 22.5 Å². The van der Waals surface area contributed by atoms with Crippen LogP contribution in [0.4, 0.5) is 28.8 Å². The van der Waals surface area contributed by atoms with Crippen molar-refractivity contribution in [2.45, 2.75) is 32.1 Å². The number of nitrogens with zero attached hydrogens (tertiary/aromatic N) is 4. The maximum atomic E-state index is 6.44. The molecule has 172 valence electrons. The molecule has 0 saturated carbocycles. The van der Waals surface area contributed by atoms with E-state index in [4.69, 9.17) is 11.6 Å². The minimum Gasteiger partial charge on any atom is -0.385 e. The molecular weight excluding hydrogens is 446 g/mol. The second kappa shape index (κ2) is 9.27. The average molecular weight is 472 g/mol. The quantitative estimate of drug-likeness (QED) is 0.304. The minimum atomic E-state index is 0.0906. The van der Waals surface area contributed by atoms with Crippen LogP contribution in [0.2, 0.25) is 5.02 Å². The molecule has 0 unspecified atom stereocenters. The zero-order valence-corrected chi connectivity index (χ0v) is 19.9. The SMILES string of the molecule is CC1(C)CCCNc2ccc(Nc3ncc(Cl)c(Nc4ccccc4-c4ncccn4)n3)cc21. The standard InChI is InChI=1S/C26H26ClN7/c1-26(2)11-5-12-28-22-10-9-17(15-19(22)26)32-25-31-16-20(27)24(34-25)33-21-8-4-3-7-18(21)23-29-13-6-14-30-23/h3-4,6-10,13-16,28H,5,11-12H2,1-2H3,(H2,31,32,33,34). The number of rotatable bonds is 5. The van der Waals surface area contributed by atoms with Gasteiger partial charge in [0.05, 0.1) is 11.9 Å². The van der Waals surface area contributed by atoms with E-state index in [9.17, 15) is 0 Å². The van der Waals surface area contributed by atoms with Gasteiger partial charge in [-0.05, 0) is 60.2 Å². The van der Waals surface area contributed by atoms with Crippen LogP contribution >= 0.6 is 11.6 Å². The van der Waals surface area contributed by atoms with Crippen LogP contribution in [-0.2, 0) is 5.41 Å². The molecule has 1 aliphatic rings. The molecule has 2 aromatic heterocycles. The summed E-state index contributed by atoms with van der Waals surface area (Å²) in [4.78, 5) is 17.8. The van der Waals surface area contributed by atoms with Gasteiger partial charge in [0.1, 0.15) is 5.02 Å². The molecule has 0 atom stereocenters. The highest BCUT2D eigenvalue weighted by Gasteiger charge is 2.26. The topological polar surface area (TPSA) is 87.7 Å². The van der Waals surface area contributed by atoms with Gasteiger partial charge in [-0.1, -0.05) is 37.6 Å². The summed E-state index contributed by atoms with van der Waals surface area (Å²) in [5.74, 6) is 1.58. The van der Waals surface area contributed by atoms with E-state index in [1.807, 2.05) is 30.3 Å². The normalized spacial score (nSPS) is 14.4. The Kier molecular flexibility index (Phi) is 6.02. The number of aromatic nitrogens is 4. The van der Waals surface area contributed by atoms with E-state index in [2.05, 4.69) is 61.9 Å². The third-order valence-electron chi connectivity index (χ3n) is 6.03. The van der Waals surface area contributed by atoms with Crippen molar-refractivity contribution in [3.8, 4) is 11.4 Å². The number of halogens is 1. The molecule has 0 fully saturated rings. The smallest absolute Gasteiger partial charge is 0.229 e. The van der Waals surface area contributed by atoms with E-state index in [-0.39, 0.29) is 5.41 Å². The number of benzene rings is 2. The molecule has 0 aliphatic carbocycles. The lowest BCUT2D eigenvalue weighted by atomic mass is 9.80. The number of hydrogen-bond acceptors (Lipinski definition) is 7. The second-order valence-electron chi connectivity index (χ2n) is 8.93. The van der Waals surface area contributed by atoms with Crippen molar-refractivity contribution < 1.29 is 0 Å². The van der Waals surface area contributed by atoms with E-state index in [1.54, 1.807) is 24.7 Å². The van der Waals surface area contributed by atoms with Gasteiger partial charge in [0.15, 0.2) is 11.6 Å². The van der Waals surface area contributed by atoms with Crippen LogP contribution in [0.15, 0.2) is 67.1 Å². The summed E-state index contributed by atoms with van der Waals surface area (Å²) < 4.78 is 0. The molecule has 3 N–H and O–H groups in total. The van der Waals surface area contributed by atoms with Crippen molar-refractivity contribution in [2.24, 2.45) is 0 Å². The number of anilines is 5. The van der Waals surface area contributed by atoms with Gasteiger partial charge in [-0.3, -0.25) is 0 Å². The van der Waals surface area contributed by atoms with E-state index in [0.29, 0.717) is 22.6 Å². The fraction of sp³-hybridized carbons (Fsp3) is 0.231. The minimum absolute atomic E-state index is 0.0906. The summed E-state index contributed by atoms with van der Waals surface area (Å²) in [7, 11) is 0. The highest BCUT2D eigenvalue weighted by atomic mass is 35.5. The molecule has 0 saturated heterocycles. The van der Waals surface area contributed by atoms with Gasteiger partial charge in [-0.2, -0.15) is 4.98 Å². The largest absolute Gasteiger partial charge is 0.385 e.